The molecule has 1 aromatic heterocycles. The average molecular weight is 270 g/mol. The molecule has 0 N–H and O–H groups in total. The first kappa shape index (κ1) is 12.8. The fourth-order valence-electron chi connectivity index (χ4n) is 2.81. The number of rotatable bonds is 2. The van der Waals surface area contributed by atoms with Crippen molar-refractivity contribution in [3.63, 3.8) is 0 Å². The molecule has 0 radical (unpaired) electrons. The molecule has 20 heavy (non-hydrogen) atoms. The number of amides is 1. The number of fused-ring (bicyclic) bond motifs is 1. The summed E-state index contributed by atoms with van der Waals surface area (Å²) >= 11 is 0. The summed E-state index contributed by atoms with van der Waals surface area (Å²) in [4.78, 5) is 17.6. The van der Waals surface area contributed by atoms with Crippen LogP contribution in [-0.2, 0) is 6.42 Å². The summed E-state index contributed by atoms with van der Waals surface area (Å²) in [7, 11) is 1.72. The first-order valence-electron chi connectivity index (χ1n) is 6.64. The van der Waals surface area contributed by atoms with Crippen LogP contribution in [0.1, 0.15) is 33.9 Å². The van der Waals surface area contributed by atoms with Crippen LogP contribution in [0.4, 0.5) is 4.39 Å². The Morgan fingerprint density at radius 1 is 1.30 bits per heavy atom. The Morgan fingerprint density at radius 2 is 2.10 bits per heavy atom. The van der Waals surface area contributed by atoms with Crippen LogP contribution in [0.25, 0.3) is 0 Å². The molecule has 0 spiro atoms. The van der Waals surface area contributed by atoms with Crippen LogP contribution in [0.5, 0.6) is 0 Å². The van der Waals surface area contributed by atoms with Crippen LogP contribution in [-0.4, -0.2) is 22.8 Å². The molecule has 3 rings (SSSR count). The summed E-state index contributed by atoms with van der Waals surface area (Å²) in [5.74, 6) is -1.03. The predicted molar refractivity (Wildman–Crippen MR) is 73.8 cm³/mol. The van der Waals surface area contributed by atoms with Gasteiger partial charge < -0.3 is 4.90 Å². The van der Waals surface area contributed by atoms with E-state index in [9.17, 15) is 9.18 Å². The van der Waals surface area contributed by atoms with Gasteiger partial charge in [-0.15, -0.1) is 0 Å². The second-order valence-electron chi connectivity index (χ2n) is 5.01. The third-order valence-corrected chi connectivity index (χ3v) is 3.88. The number of halogens is 1. The number of aryl methyl sites for hydroxylation is 1. The number of carbonyl (C=O) groups excluding carboxylic acids is 1. The SMILES string of the molecule is CN(C(=O)c1cccnc1F)C1CCc2ccccc21. The molecule has 0 fully saturated rings. The molecule has 1 aliphatic rings. The lowest BCUT2D eigenvalue weighted by atomic mass is 10.1. The number of hydrogen-bond acceptors (Lipinski definition) is 2. The summed E-state index contributed by atoms with van der Waals surface area (Å²) in [5.41, 5.74) is 2.45. The Bertz CT molecular complexity index is 656. The van der Waals surface area contributed by atoms with Crippen LogP contribution in [0.2, 0.25) is 0 Å². The lowest BCUT2D eigenvalue weighted by Gasteiger charge is -2.25. The van der Waals surface area contributed by atoms with Crippen molar-refractivity contribution in [3.05, 3.63) is 65.2 Å². The molecule has 2 aromatic rings. The molecular weight excluding hydrogens is 255 g/mol. The third-order valence-electron chi connectivity index (χ3n) is 3.88. The summed E-state index contributed by atoms with van der Waals surface area (Å²) < 4.78 is 13.6. The van der Waals surface area contributed by atoms with Gasteiger partial charge in [-0.1, -0.05) is 24.3 Å². The molecule has 0 aliphatic heterocycles. The largest absolute Gasteiger partial charge is 0.335 e. The van der Waals surface area contributed by atoms with Crippen molar-refractivity contribution in [1.29, 1.82) is 0 Å². The number of nitrogens with zero attached hydrogens (tertiary/aromatic N) is 2. The van der Waals surface area contributed by atoms with Crippen molar-refractivity contribution in [3.8, 4) is 0 Å². The molecule has 0 bridgehead atoms. The van der Waals surface area contributed by atoms with Crippen LogP contribution in [0, 0.1) is 5.95 Å². The molecule has 1 atom stereocenters. The highest BCUT2D eigenvalue weighted by atomic mass is 19.1. The van der Waals surface area contributed by atoms with Crippen molar-refractivity contribution in [2.24, 2.45) is 0 Å². The molecule has 0 saturated heterocycles. The van der Waals surface area contributed by atoms with E-state index in [1.165, 1.54) is 17.8 Å². The topological polar surface area (TPSA) is 33.2 Å². The van der Waals surface area contributed by atoms with Crippen molar-refractivity contribution in [1.82, 2.24) is 9.88 Å². The first-order valence-corrected chi connectivity index (χ1v) is 6.64. The van der Waals surface area contributed by atoms with Crippen LogP contribution < -0.4 is 0 Å². The lowest BCUT2D eigenvalue weighted by molar-refractivity contribution is 0.0725. The van der Waals surface area contributed by atoms with Crippen LogP contribution in [0.3, 0.4) is 0 Å². The monoisotopic (exact) mass is 270 g/mol. The van der Waals surface area contributed by atoms with Gasteiger partial charge in [0.1, 0.15) is 0 Å². The number of benzene rings is 1. The van der Waals surface area contributed by atoms with Gasteiger partial charge >= 0.3 is 0 Å². The van der Waals surface area contributed by atoms with Gasteiger partial charge in [-0.2, -0.15) is 4.39 Å². The predicted octanol–water partition coefficient (Wildman–Crippen LogP) is 2.98. The molecule has 1 amide bonds. The minimum atomic E-state index is -0.712. The molecule has 1 heterocycles. The number of aromatic nitrogens is 1. The van der Waals surface area contributed by atoms with Gasteiger partial charge in [-0.25, -0.2) is 4.98 Å². The highest BCUT2D eigenvalue weighted by Gasteiger charge is 2.29. The Labute approximate surface area is 117 Å². The number of pyridine rings is 1. The van der Waals surface area contributed by atoms with Gasteiger partial charge in [-0.3, -0.25) is 4.79 Å². The maximum atomic E-state index is 13.6. The van der Waals surface area contributed by atoms with Crippen LogP contribution >= 0.6 is 0 Å². The van der Waals surface area contributed by atoms with Gasteiger partial charge in [0.05, 0.1) is 11.6 Å². The third kappa shape index (κ3) is 2.07. The smallest absolute Gasteiger partial charge is 0.258 e. The van der Waals surface area contributed by atoms with E-state index in [1.807, 2.05) is 18.2 Å². The van der Waals surface area contributed by atoms with Crippen molar-refractivity contribution >= 4 is 5.91 Å². The molecule has 3 nitrogen and oxygen atoms in total. The van der Waals surface area contributed by atoms with Crippen molar-refractivity contribution in [2.75, 3.05) is 7.05 Å². The molecule has 4 heteroatoms. The Morgan fingerprint density at radius 3 is 2.90 bits per heavy atom. The summed E-state index contributed by atoms with van der Waals surface area (Å²) in [5, 5.41) is 0. The van der Waals surface area contributed by atoms with E-state index in [-0.39, 0.29) is 17.5 Å². The zero-order chi connectivity index (χ0) is 14.1. The zero-order valence-corrected chi connectivity index (χ0v) is 11.2. The fraction of sp³-hybridized carbons (Fsp3) is 0.250. The van der Waals surface area contributed by atoms with Gasteiger partial charge in [0, 0.05) is 13.2 Å². The highest BCUT2D eigenvalue weighted by molar-refractivity contribution is 5.94. The van der Waals surface area contributed by atoms with Crippen molar-refractivity contribution in [2.45, 2.75) is 18.9 Å². The fourth-order valence-corrected chi connectivity index (χ4v) is 2.81. The highest BCUT2D eigenvalue weighted by Crippen LogP contribution is 2.35. The van der Waals surface area contributed by atoms with E-state index in [0.717, 1.165) is 18.4 Å². The van der Waals surface area contributed by atoms with Gasteiger partial charge in [0.25, 0.3) is 5.91 Å². The maximum absolute atomic E-state index is 13.6. The molecule has 0 saturated carbocycles. The standard InChI is InChI=1S/C16H15FN2O/c1-19(16(20)13-7-4-10-18-15(13)17)14-9-8-11-5-2-3-6-12(11)14/h2-7,10,14H,8-9H2,1H3. The number of hydrogen-bond donors (Lipinski definition) is 0. The van der Waals surface area contributed by atoms with E-state index in [2.05, 4.69) is 11.1 Å². The zero-order valence-electron chi connectivity index (χ0n) is 11.2. The Balaban J connectivity index is 1.89. The summed E-state index contributed by atoms with van der Waals surface area (Å²) in [6.07, 6.45) is 3.18. The summed E-state index contributed by atoms with van der Waals surface area (Å²) in [6.45, 7) is 0. The molecule has 1 aliphatic carbocycles. The Kier molecular flexibility index (Phi) is 3.22. The second-order valence-corrected chi connectivity index (χ2v) is 5.01. The molecule has 102 valence electrons. The molecule has 1 aromatic carbocycles. The first-order chi connectivity index (χ1) is 9.68. The molecule has 1 unspecified atom stereocenters. The minimum Gasteiger partial charge on any atom is -0.335 e. The van der Waals surface area contributed by atoms with E-state index in [0.29, 0.717) is 0 Å². The van der Waals surface area contributed by atoms with Gasteiger partial charge in [0.2, 0.25) is 5.95 Å². The van der Waals surface area contributed by atoms with E-state index < -0.39 is 5.95 Å². The van der Waals surface area contributed by atoms with E-state index in [4.69, 9.17) is 0 Å². The lowest BCUT2D eigenvalue weighted by Crippen LogP contribution is -2.30. The summed E-state index contributed by atoms with van der Waals surface area (Å²) in [6, 6.07) is 11.2. The normalized spacial score (nSPS) is 16.8. The average Bonchev–Trinajstić information content (AvgIpc) is 2.90. The van der Waals surface area contributed by atoms with Crippen LogP contribution in [0.15, 0.2) is 42.6 Å². The molecular formula is C16H15FN2O. The van der Waals surface area contributed by atoms with Gasteiger partial charge in [0.15, 0.2) is 0 Å². The van der Waals surface area contributed by atoms with E-state index >= 15 is 0 Å². The quantitative estimate of drug-likeness (QED) is 0.786. The van der Waals surface area contributed by atoms with Crippen molar-refractivity contribution < 1.29 is 9.18 Å². The minimum absolute atomic E-state index is 0.0123. The Hall–Kier alpha value is -2.23. The maximum Gasteiger partial charge on any atom is 0.258 e. The van der Waals surface area contributed by atoms with Gasteiger partial charge in [-0.05, 0) is 36.1 Å². The second kappa shape index (κ2) is 5.04. The number of carbonyl (C=O) groups is 1. The van der Waals surface area contributed by atoms with E-state index in [1.54, 1.807) is 18.0 Å².